The van der Waals surface area contributed by atoms with Gasteiger partial charge in [-0.05, 0) is 36.8 Å². The van der Waals surface area contributed by atoms with Crippen molar-refractivity contribution in [2.24, 2.45) is 0 Å². The van der Waals surface area contributed by atoms with E-state index in [1.807, 2.05) is 25.1 Å². The predicted molar refractivity (Wildman–Crippen MR) is 86.5 cm³/mol. The standard InChI is InChI=1S/C16H15N3O3S/c1-12-2-8-15(9-3-12)23(22)18-16(11-19(20)21)14-6-4-13(10-17)5-7-14/h2-9,16,18H,11H2,1H3/t16-,23?/m1/s1. The molecule has 2 aromatic carbocycles. The van der Waals surface area contributed by atoms with Crippen LogP contribution in [0.15, 0.2) is 53.4 Å². The Hall–Kier alpha value is -2.56. The van der Waals surface area contributed by atoms with Crippen molar-refractivity contribution in [3.05, 3.63) is 75.3 Å². The first-order valence-corrected chi connectivity index (χ1v) is 8.01. The molecule has 6 nitrogen and oxygen atoms in total. The zero-order valence-corrected chi connectivity index (χ0v) is 13.2. The van der Waals surface area contributed by atoms with E-state index in [1.54, 1.807) is 36.4 Å². The van der Waals surface area contributed by atoms with Gasteiger partial charge in [-0.15, -0.1) is 0 Å². The highest BCUT2D eigenvalue weighted by molar-refractivity contribution is 7.83. The summed E-state index contributed by atoms with van der Waals surface area (Å²) in [6.45, 7) is 1.52. The fourth-order valence-corrected chi connectivity index (χ4v) is 3.00. The lowest BCUT2D eigenvalue weighted by Gasteiger charge is -2.15. The maximum absolute atomic E-state index is 12.4. The van der Waals surface area contributed by atoms with Gasteiger partial charge in [-0.2, -0.15) is 5.26 Å². The van der Waals surface area contributed by atoms with Crippen LogP contribution in [0.4, 0.5) is 0 Å². The van der Waals surface area contributed by atoms with Gasteiger partial charge in [-0.3, -0.25) is 10.1 Å². The average molecular weight is 329 g/mol. The minimum absolute atomic E-state index is 0.399. The Morgan fingerprint density at radius 3 is 2.35 bits per heavy atom. The molecule has 0 aliphatic rings. The summed E-state index contributed by atoms with van der Waals surface area (Å²) < 4.78 is 15.2. The molecule has 118 valence electrons. The van der Waals surface area contributed by atoms with Gasteiger partial charge in [0.1, 0.15) is 17.0 Å². The maximum atomic E-state index is 12.4. The van der Waals surface area contributed by atoms with Crippen molar-refractivity contribution >= 4 is 11.0 Å². The zero-order chi connectivity index (χ0) is 16.8. The molecule has 0 radical (unpaired) electrons. The quantitative estimate of drug-likeness (QED) is 0.650. The van der Waals surface area contributed by atoms with Crippen molar-refractivity contribution in [3.8, 4) is 6.07 Å². The molecule has 0 saturated heterocycles. The van der Waals surface area contributed by atoms with Crippen LogP contribution in [0.5, 0.6) is 0 Å². The second-order valence-corrected chi connectivity index (χ2v) is 6.25. The van der Waals surface area contributed by atoms with Crippen LogP contribution in [0.1, 0.15) is 22.7 Å². The van der Waals surface area contributed by atoms with E-state index < -0.39 is 28.5 Å². The smallest absolute Gasteiger partial charge is 0.224 e. The van der Waals surface area contributed by atoms with Crippen LogP contribution in [-0.2, 0) is 11.0 Å². The lowest BCUT2D eigenvalue weighted by molar-refractivity contribution is -0.483. The number of rotatable bonds is 6. The second-order valence-electron chi connectivity index (χ2n) is 5.00. The van der Waals surface area contributed by atoms with Crippen molar-refractivity contribution in [1.29, 1.82) is 5.26 Å². The third-order valence-corrected chi connectivity index (χ3v) is 4.46. The van der Waals surface area contributed by atoms with Gasteiger partial charge in [0, 0.05) is 4.92 Å². The molecular weight excluding hydrogens is 314 g/mol. The Balaban J connectivity index is 2.20. The highest BCUT2D eigenvalue weighted by Crippen LogP contribution is 2.17. The molecule has 0 heterocycles. The highest BCUT2D eigenvalue weighted by Gasteiger charge is 2.20. The van der Waals surface area contributed by atoms with Gasteiger partial charge in [0.2, 0.25) is 6.54 Å². The third-order valence-electron chi connectivity index (χ3n) is 3.26. The fourth-order valence-electron chi connectivity index (χ4n) is 2.01. The summed E-state index contributed by atoms with van der Waals surface area (Å²) in [6.07, 6.45) is 0. The Bertz CT molecular complexity index is 752. The summed E-state index contributed by atoms with van der Waals surface area (Å²) in [5, 5.41) is 19.7. The minimum Gasteiger partial charge on any atom is -0.264 e. The van der Waals surface area contributed by atoms with Crippen LogP contribution in [0.3, 0.4) is 0 Å². The Labute approximate surface area is 136 Å². The molecule has 0 spiro atoms. The SMILES string of the molecule is Cc1ccc(S(=O)N[C@H](C[N+](=O)[O-])c2ccc(C#N)cc2)cc1. The van der Waals surface area contributed by atoms with Gasteiger partial charge in [0.25, 0.3) is 0 Å². The van der Waals surface area contributed by atoms with Gasteiger partial charge in [-0.1, -0.05) is 29.8 Å². The van der Waals surface area contributed by atoms with Crippen molar-refractivity contribution in [2.75, 3.05) is 6.54 Å². The van der Waals surface area contributed by atoms with E-state index in [0.717, 1.165) is 5.56 Å². The van der Waals surface area contributed by atoms with Gasteiger partial charge in [0.05, 0.1) is 16.5 Å². The Kier molecular flexibility index (Phi) is 5.57. The number of benzene rings is 2. The molecule has 1 N–H and O–H groups in total. The van der Waals surface area contributed by atoms with Gasteiger partial charge >= 0.3 is 0 Å². The molecule has 0 saturated carbocycles. The second kappa shape index (κ2) is 7.63. The van der Waals surface area contributed by atoms with Gasteiger partial charge < -0.3 is 0 Å². The number of aryl methyl sites for hydroxylation is 1. The monoisotopic (exact) mass is 329 g/mol. The largest absolute Gasteiger partial charge is 0.264 e. The molecular formula is C16H15N3O3S. The molecule has 0 aliphatic heterocycles. The normalized spacial score (nSPS) is 13.0. The predicted octanol–water partition coefficient (Wildman–Crippen LogP) is 2.50. The molecule has 0 fully saturated rings. The maximum Gasteiger partial charge on any atom is 0.224 e. The fraction of sp³-hybridized carbons (Fsp3) is 0.188. The van der Waals surface area contributed by atoms with E-state index >= 15 is 0 Å². The molecule has 0 amide bonds. The van der Waals surface area contributed by atoms with Gasteiger partial charge in [0.15, 0.2) is 0 Å². The molecule has 2 atom stereocenters. The molecule has 0 aliphatic carbocycles. The topological polar surface area (TPSA) is 96.0 Å². The summed E-state index contributed by atoms with van der Waals surface area (Å²) in [5.41, 5.74) is 2.12. The number of hydrogen-bond donors (Lipinski definition) is 1. The number of nitriles is 1. The summed E-state index contributed by atoms with van der Waals surface area (Å²) in [4.78, 5) is 11.0. The van der Waals surface area contributed by atoms with Crippen molar-refractivity contribution in [3.63, 3.8) is 0 Å². The zero-order valence-electron chi connectivity index (χ0n) is 12.4. The first kappa shape index (κ1) is 16.8. The minimum atomic E-state index is -1.57. The van der Waals surface area contributed by atoms with E-state index in [9.17, 15) is 14.3 Å². The molecule has 23 heavy (non-hydrogen) atoms. The van der Waals surface area contributed by atoms with Crippen LogP contribution in [-0.4, -0.2) is 15.7 Å². The number of nitro groups is 1. The molecule has 7 heteroatoms. The molecule has 0 aromatic heterocycles. The third kappa shape index (κ3) is 4.71. The highest BCUT2D eigenvalue weighted by atomic mass is 32.2. The van der Waals surface area contributed by atoms with Gasteiger partial charge in [-0.25, -0.2) is 8.93 Å². The van der Waals surface area contributed by atoms with Crippen molar-refractivity contribution in [1.82, 2.24) is 4.72 Å². The number of nitrogens with one attached hydrogen (secondary N) is 1. The Morgan fingerprint density at radius 2 is 1.83 bits per heavy atom. The summed E-state index contributed by atoms with van der Waals surface area (Å²) in [6, 6.07) is 14.8. The number of hydrogen-bond acceptors (Lipinski definition) is 4. The van der Waals surface area contributed by atoms with Crippen LogP contribution >= 0.6 is 0 Å². The van der Waals surface area contributed by atoms with E-state index in [1.165, 1.54) is 0 Å². The summed E-state index contributed by atoms with van der Waals surface area (Å²) in [5.74, 6) is 0. The van der Waals surface area contributed by atoms with E-state index in [2.05, 4.69) is 4.72 Å². The first-order valence-electron chi connectivity index (χ1n) is 6.86. The van der Waals surface area contributed by atoms with Crippen LogP contribution in [0.25, 0.3) is 0 Å². The van der Waals surface area contributed by atoms with E-state index in [4.69, 9.17) is 5.26 Å². The summed E-state index contributed by atoms with van der Waals surface area (Å²) >= 11 is 0. The molecule has 0 bridgehead atoms. The summed E-state index contributed by atoms with van der Waals surface area (Å²) in [7, 11) is -1.57. The molecule has 2 rings (SSSR count). The van der Waals surface area contributed by atoms with Crippen molar-refractivity contribution in [2.45, 2.75) is 17.9 Å². The number of nitrogens with zero attached hydrogens (tertiary/aromatic N) is 2. The van der Waals surface area contributed by atoms with E-state index in [-0.39, 0.29) is 0 Å². The van der Waals surface area contributed by atoms with Crippen LogP contribution in [0.2, 0.25) is 0 Å². The Morgan fingerprint density at radius 1 is 1.22 bits per heavy atom. The molecule has 1 unspecified atom stereocenters. The van der Waals surface area contributed by atoms with Crippen LogP contribution < -0.4 is 4.72 Å². The lowest BCUT2D eigenvalue weighted by Crippen LogP contribution is -2.29. The first-order chi connectivity index (χ1) is 11.0. The lowest BCUT2D eigenvalue weighted by atomic mass is 10.1. The van der Waals surface area contributed by atoms with E-state index in [0.29, 0.717) is 16.0 Å². The van der Waals surface area contributed by atoms with Crippen LogP contribution in [0, 0.1) is 28.4 Å². The average Bonchev–Trinajstić information content (AvgIpc) is 2.54. The van der Waals surface area contributed by atoms with Crippen molar-refractivity contribution < 1.29 is 9.13 Å². The molecule has 2 aromatic rings.